The minimum atomic E-state index is -0.905. The second kappa shape index (κ2) is 5.02. The van der Waals surface area contributed by atoms with Crippen molar-refractivity contribution in [2.75, 3.05) is 0 Å². The molecule has 2 heteroatoms. The highest BCUT2D eigenvalue weighted by Gasteiger charge is 2.07. The van der Waals surface area contributed by atoms with Crippen LogP contribution in [0.1, 0.15) is 12.0 Å². The normalized spacial score (nSPS) is 11.0. The third kappa shape index (κ3) is 2.59. The predicted octanol–water partition coefficient (Wildman–Crippen LogP) is 2.73. The first-order chi connectivity index (χ1) is 6.75. The SMILES string of the molecule is C=CC/C=C(\C(=O)O)c1ccccc1. The molecule has 0 aliphatic carbocycles. The summed E-state index contributed by atoms with van der Waals surface area (Å²) in [7, 11) is 0. The third-order valence-electron chi connectivity index (χ3n) is 1.80. The molecule has 72 valence electrons. The highest BCUT2D eigenvalue weighted by atomic mass is 16.4. The van der Waals surface area contributed by atoms with E-state index in [1.54, 1.807) is 24.3 Å². The van der Waals surface area contributed by atoms with Gasteiger partial charge >= 0.3 is 5.97 Å². The summed E-state index contributed by atoms with van der Waals surface area (Å²) in [6.45, 7) is 3.55. The highest BCUT2D eigenvalue weighted by Crippen LogP contribution is 2.14. The average Bonchev–Trinajstić information content (AvgIpc) is 2.19. The molecule has 0 radical (unpaired) electrons. The molecule has 2 nitrogen and oxygen atoms in total. The molecule has 0 heterocycles. The monoisotopic (exact) mass is 188 g/mol. The average molecular weight is 188 g/mol. The van der Waals surface area contributed by atoms with Gasteiger partial charge in [-0.2, -0.15) is 0 Å². The van der Waals surface area contributed by atoms with Crippen molar-refractivity contribution in [3.8, 4) is 0 Å². The molecular formula is C12H12O2. The smallest absolute Gasteiger partial charge is 0.335 e. The maximum atomic E-state index is 10.9. The van der Waals surface area contributed by atoms with Gasteiger partial charge in [0, 0.05) is 0 Å². The van der Waals surface area contributed by atoms with Crippen molar-refractivity contribution in [2.45, 2.75) is 6.42 Å². The molecule has 1 rings (SSSR count). The number of allylic oxidation sites excluding steroid dienone is 2. The number of rotatable bonds is 4. The summed E-state index contributed by atoms with van der Waals surface area (Å²) >= 11 is 0. The van der Waals surface area contributed by atoms with Crippen molar-refractivity contribution < 1.29 is 9.90 Å². The molecule has 0 saturated carbocycles. The van der Waals surface area contributed by atoms with Gasteiger partial charge in [-0.1, -0.05) is 42.5 Å². The van der Waals surface area contributed by atoms with Crippen LogP contribution in [0.5, 0.6) is 0 Å². The molecule has 0 aromatic heterocycles. The van der Waals surface area contributed by atoms with E-state index in [-0.39, 0.29) is 0 Å². The van der Waals surface area contributed by atoms with Gasteiger partial charge in [-0.05, 0) is 12.0 Å². The lowest BCUT2D eigenvalue weighted by atomic mass is 10.1. The second-order valence-electron chi connectivity index (χ2n) is 2.81. The first-order valence-electron chi connectivity index (χ1n) is 4.35. The zero-order valence-electron chi connectivity index (χ0n) is 7.81. The van der Waals surface area contributed by atoms with Gasteiger partial charge in [-0.15, -0.1) is 6.58 Å². The fraction of sp³-hybridized carbons (Fsp3) is 0.0833. The highest BCUT2D eigenvalue weighted by molar-refractivity contribution is 6.15. The number of carboxylic acid groups (broad SMARTS) is 1. The van der Waals surface area contributed by atoms with E-state index in [1.165, 1.54) is 0 Å². The summed E-state index contributed by atoms with van der Waals surface area (Å²) in [4.78, 5) is 10.9. The molecule has 0 saturated heterocycles. The van der Waals surface area contributed by atoms with Gasteiger partial charge in [0.1, 0.15) is 0 Å². The van der Waals surface area contributed by atoms with Gasteiger partial charge in [0.25, 0.3) is 0 Å². The fourth-order valence-corrected chi connectivity index (χ4v) is 1.15. The van der Waals surface area contributed by atoms with E-state index >= 15 is 0 Å². The second-order valence-corrected chi connectivity index (χ2v) is 2.81. The molecule has 0 aliphatic heterocycles. The molecule has 0 atom stereocenters. The zero-order chi connectivity index (χ0) is 10.4. The zero-order valence-corrected chi connectivity index (χ0v) is 7.81. The van der Waals surface area contributed by atoms with Crippen LogP contribution in [0.2, 0.25) is 0 Å². The Labute approximate surface area is 83.2 Å². The molecule has 1 aromatic rings. The van der Waals surface area contributed by atoms with Crippen molar-refractivity contribution in [1.82, 2.24) is 0 Å². The number of hydrogen-bond acceptors (Lipinski definition) is 1. The molecule has 1 N–H and O–H groups in total. The molecule has 1 aromatic carbocycles. The van der Waals surface area contributed by atoms with Crippen LogP contribution in [0, 0.1) is 0 Å². The Bertz CT molecular complexity index is 350. The number of benzene rings is 1. The van der Waals surface area contributed by atoms with E-state index < -0.39 is 5.97 Å². The summed E-state index contributed by atoms with van der Waals surface area (Å²) in [5.74, 6) is -0.905. The van der Waals surface area contributed by atoms with Crippen molar-refractivity contribution in [2.24, 2.45) is 0 Å². The van der Waals surface area contributed by atoms with Crippen LogP contribution in [0.3, 0.4) is 0 Å². The van der Waals surface area contributed by atoms with E-state index in [9.17, 15) is 4.79 Å². The molecule has 0 aliphatic rings. The van der Waals surface area contributed by atoms with Crippen LogP contribution in [0.15, 0.2) is 49.1 Å². The minimum Gasteiger partial charge on any atom is -0.478 e. The number of carboxylic acids is 1. The third-order valence-corrected chi connectivity index (χ3v) is 1.80. The van der Waals surface area contributed by atoms with E-state index in [0.29, 0.717) is 12.0 Å². The molecule has 0 amide bonds. The summed E-state index contributed by atoms with van der Waals surface area (Å²) in [6, 6.07) is 9.06. The Morgan fingerprint density at radius 1 is 1.36 bits per heavy atom. The van der Waals surface area contributed by atoms with Gasteiger partial charge in [0.15, 0.2) is 0 Å². The van der Waals surface area contributed by atoms with Crippen molar-refractivity contribution in [3.05, 3.63) is 54.6 Å². The maximum absolute atomic E-state index is 10.9. The van der Waals surface area contributed by atoms with Crippen LogP contribution in [-0.4, -0.2) is 11.1 Å². The van der Waals surface area contributed by atoms with Crippen LogP contribution in [0.25, 0.3) is 5.57 Å². The first-order valence-corrected chi connectivity index (χ1v) is 4.35. The molecule has 14 heavy (non-hydrogen) atoms. The largest absolute Gasteiger partial charge is 0.478 e. The fourth-order valence-electron chi connectivity index (χ4n) is 1.15. The Balaban J connectivity index is 3.01. The number of carbonyl (C=O) groups is 1. The summed E-state index contributed by atoms with van der Waals surface area (Å²) in [5, 5.41) is 8.95. The Morgan fingerprint density at radius 3 is 2.50 bits per heavy atom. The molecular weight excluding hydrogens is 176 g/mol. The quantitative estimate of drug-likeness (QED) is 0.582. The Morgan fingerprint density at radius 2 is 2.00 bits per heavy atom. The van der Waals surface area contributed by atoms with Crippen LogP contribution >= 0.6 is 0 Å². The van der Waals surface area contributed by atoms with Gasteiger partial charge in [0.2, 0.25) is 0 Å². The number of hydrogen-bond donors (Lipinski definition) is 1. The summed E-state index contributed by atoms with van der Waals surface area (Å²) in [5.41, 5.74) is 1.05. The molecule has 0 fully saturated rings. The van der Waals surface area contributed by atoms with E-state index in [4.69, 9.17) is 5.11 Å². The van der Waals surface area contributed by atoms with Gasteiger partial charge < -0.3 is 5.11 Å². The van der Waals surface area contributed by atoms with Crippen LogP contribution < -0.4 is 0 Å². The topological polar surface area (TPSA) is 37.3 Å². The van der Waals surface area contributed by atoms with E-state index in [2.05, 4.69) is 6.58 Å². The lowest BCUT2D eigenvalue weighted by molar-refractivity contribution is -0.130. The Hall–Kier alpha value is -1.83. The van der Waals surface area contributed by atoms with Gasteiger partial charge in [-0.25, -0.2) is 4.79 Å². The molecule has 0 spiro atoms. The minimum absolute atomic E-state index is 0.325. The molecule has 0 unspecified atom stereocenters. The van der Waals surface area contributed by atoms with Crippen LogP contribution in [-0.2, 0) is 4.79 Å². The summed E-state index contributed by atoms with van der Waals surface area (Å²) in [6.07, 6.45) is 3.90. The van der Waals surface area contributed by atoms with E-state index in [1.807, 2.05) is 18.2 Å². The number of aliphatic carboxylic acids is 1. The van der Waals surface area contributed by atoms with Crippen molar-refractivity contribution in [1.29, 1.82) is 0 Å². The lowest BCUT2D eigenvalue weighted by Gasteiger charge is -2.00. The van der Waals surface area contributed by atoms with Crippen LogP contribution in [0.4, 0.5) is 0 Å². The van der Waals surface area contributed by atoms with Gasteiger partial charge in [0.05, 0.1) is 5.57 Å². The first kappa shape index (κ1) is 10.3. The maximum Gasteiger partial charge on any atom is 0.335 e. The van der Waals surface area contributed by atoms with Gasteiger partial charge in [-0.3, -0.25) is 0 Å². The molecule has 0 bridgehead atoms. The standard InChI is InChI=1S/C12H12O2/c1-2-3-9-11(12(13)14)10-7-5-4-6-8-10/h2,4-9H,1,3H2,(H,13,14)/b11-9-. The lowest BCUT2D eigenvalue weighted by Crippen LogP contribution is -1.99. The Kier molecular flexibility index (Phi) is 3.68. The van der Waals surface area contributed by atoms with Crippen molar-refractivity contribution in [3.63, 3.8) is 0 Å². The summed E-state index contributed by atoms with van der Waals surface area (Å²) < 4.78 is 0. The van der Waals surface area contributed by atoms with Crippen molar-refractivity contribution >= 4 is 11.5 Å². The van der Waals surface area contributed by atoms with E-state index in [0.717, 1.165) is 5.56 Å². The predicted molar refractivity (Wildman–Crippen MR) is 56.9 cm³/mol.